The lowest BCUT2D eigenvalue weighted by Crippen LogP contribution is -2.62. The average molecular weight is 713 g/mol. The van der Waals surface area contributed by atoms with Gasteiger partial charge in [-0.05, 0) is 71.1 Å². The van der Waals surface area contributed by atoms with Crippen molar-refractivity contribution in [3.8, 4) is 29.4 Å². The van der Waals surface area contributed by atoms with Crippen LogP contribution >= 0.6 is 0 Å². The highest BCUT2D eigenvalue weighted by atomic mass is 19.4. The summed E-state index contributed by atoms with van der Waals surface area (Å²) in [6.07, 6.45) is -4.64. The highest BCUT2D eigenvalue weighted by Crippen LogP contribution is 2.44. The smallest absolute Gasteiger partial charge is 0.416 e. The van der Waals surface area contributed by atoms with Crippen LogP contribution in [0.3, 0.4) is 0 Å². The van der Waals surface area contributed by atoms with Gasteiger partial charge in [-0.15, -0.1) is 5.17 Å². The summed E-state index contributed by atoms with van der Waals surface area (Å²) in [4.78, 5) is 13.8. The molecule has 6 rings (SSSR count). The van der Waals surface area contributed by atoms with E-state index in [9.17, 15) is 13.2 Å². The number of rotatable bonds is 9. The van der Waals surface area contributed by atoms with Crippen LogP contribution in [0.15, 0.2) is 109 Å². The van der Waals surface area contributed by atoms with Gasteiger partial charge in [0.25, 0.3) is 0 Å². The van der Waals surface area contributed by atoms with Gasteiger partial charge >= 0.3 is 12.2 Å². The summed E-state index contributed by atoms with van der Waals surface area (Å²) in [6.45, 7) is 1.43. The van der Waals surface area contributed by atoms with Crippen molar-refractivity contribution < 1.29 is 36.6 Å². The van der Waals surface area contributed by atoms with Gasteiger partial charge in [0.15, 0.2) is 6.10 Å². The van der Waals surface area contributed by atoms with Crippen molar-refractivity contribution in [2.45, 2.75) is 36.6 Å². The first-order valence-corrected chi connectivity index (χ1v) is 16.3. The second-order valence-corrected chi connectivity index (χ2v) is 12.5. The van der Waals surface area contributed by atoms with Crippen LogP contribution in [-0.2, 0) is 15.8 Å². The quantitative estimate of drug-likeness (QED) is 0.0966. The Bertz CT molecular complexity index is 1990. The predicted molar refractivity (Wildman–Crippen MR) is 186 cm³/mol. The maximum Gasteiger partial charge on any atom is 0.416 e. The summed E-state index contributed by atoms with van der Waals surface area (Å²) in [5.41, 5.74) is 3.65. The standard InChI is InChI=1S/C40H36F4N4O4/c1-38(34-22-27(12-21-35(34)41)10-11-28-24-45-37(51-4)46-25-28)23-36(40(42,43)44)52-48(26-38)47-39(29-8-6-5-7-9-29,30-13-17-32(49-2)18-14-30)31-15-19-33(50-3)20-16-31/h5-9,12-22,24-25,36,47H,23,26H2,1-4H3/t36-,38+/m0/s1. The molecule has 1 aromatic heterocycles. The lowest BCUT2D eigenvalue weighted by atomic mass is 9.75. The van der Waals surface area contributed by atoms with Gasteiger partial charge in [0.1, 0.15) is 22.9 Å². The summed E-state index contributed by atoms with van der Waals surface area (Å²) in [6, 6.07) is 28.1. The zero-order valence-corrected chi connectivity index (χ0v) is 28.9. The molecule has 0 unspecified atom stereocenters. The number of hydrogen-bond acceptors (Lipinski definition) is 8. The van der Waals surface area contributed by atoms with E-state index < -0.39 is 35.5 Å². The number of aromatic nitrogens is 2. The maximum absolute atomic E-state index is 15.8. The van der Waals surface area contributed by atoms with Gasteiger partial charge in [0, 0.05) is 29.9 Å². The molecular formula is C40H36F4N4O4. The molecule has 12 heteroatoms. The van der Waals surface area contributed by atoms with E-state index >= 15 is 4.39 Å². The second-order valence-electron chi connectivity index (χ2n) is 12.5. The van der Waals surface area contributed by atoms with Crippen LogP contribution in [0.1, 0.15) is 46.7 Å². The molecular weight excluding hydrogens is 676 g/mol. The Labute approximate surface area is 299 Å². The molecule has 8 nitrogen and oxygen atoms in total. The van der Waals surface area contributed by atoms with Crippen LogP contribution < -0.4 is 19.6 Å². The number of benzene rings is 4. The van der Waals surface area contributed by atoms with Crippen LogP contribution in [0, 0.1) is 17.7 Å². The third-order valence-corrected chi connectivity index (χ3v) is 9.07. The van der Waals surface area contributed by atoms with E-state index in [1.807, 2.05) is 54.6 Å². The van der Waals surface area contributed by atoms with E-state index in [0.717, 1.165) is 5.17 Å². The van der Waals surface area contributed by atoms with Crippen molar-refractivity contribution in [2.24, 2.45) is 0 Å². The topological polar surface area (TPSA) is 78.0 Å². The number of hydrazine groups is 1. The Morgan fingerprint density at radius 1 is 0.769 bits per heavy atom. The van der Waals surface area contributed by atoms with E-state index in [-0.39, 0.29) is 18.1 Å². The van der Waals surface area contributed by atoms with Crippen LogP contribution in [0.5, 0.6) is 17.5 Å². The first-order chi connectivity index (χ1) is 25.0. The molecule has 0 bridgehead atoms. The number of hydroxylamine groups is 1. The van der Waals surface area contributed by atoms with E-state index in [2.05, 4.69) is 27.2 Å². The predicted octanol–water partition coefficient (Wildman–Crippen LogP) is 7.36. The molecule has 0 spiro atoms. The molecule has 1 aliphatic rings. The largest absolute Gasteiger partial charge is 0.497 e. The highest BCUT2D eigenvalue weighted by molar-refractivity contribution is 5.51. The third-order valence-electron chi connectivity index (χ3n) is 9.07. The third kappa shape index (κ3) is 7.57. The van der Waals surface area contributed by atoms with E-state index in [4.69, 9.17) is 19.0 Å². The number of halogens is 4. The molecule has 4 aromatic carbocycles. The Morgan fingerprint density at radius 3 is 1.87 bits per heavy atom. The summed E-state index contributed by atoms with van der Waals surface area (Å²) in [5.74, 6) is 6.40. The van der Waals surface area contributed by atoms with Crippen molar-refractivity contribution >= 4 is 0 Å². The molecule has 2 heterocycles. The van der Waals surface area contributed by atoms with Crippen LogP contribution in [0.2, 0.25) is 0 Å². The van der Waals surface area contributed by atoms with E-state index in [1.165, 1.54) is 37.7 Å². The van der Waals surface area contributed by atoms with Gasteiger partial charge in [0.2, 0.25) is 0 Å². The molecule has 1 N–H and O–H groups in total. The molecule has 2 atom stereocenters. The SMILES string of the molecule is COc1ccc(C(NN2C[C@](C)(c3cc(C#Cc4cnc(OC)nc4)ccc3F)C[C@@H](C(F)(F)F)O2)(c2ccccc2)c2ccc(OC)cc2)cc1. The number of nitrogens with zero attached hydrogens (tertiary/aromatic N) is 3. The molecule has 0 radical (unpaired) electrons. The number of hydrogen-bond donors (Lipinski definition) is 1. The molecule has 0 saturated carbocycles. The van der Waals surface area contributed by atoms with Crippen molar-refractivity contribution in [3.05, 3.63) is 149 Å². The number of nitrogens with one attached hydrogen (secondary N) is 1. The van der Waals surface area contributed by atoms with E-state index in [0.29, 0.717) is 39.3 Å². The second kappa shape index (κ2) is 15.0. The molecule has 0 amide bonds. The molecule has 52 heavy (non-hydrogen) atoms. The zero-order valence-electron chi connectivity index (χ0n) is 28.9. The van der Waals surface area contributed by atoms with Crippen LogP contribution in [0.4, 0.5) is 17.6 Å². The number of alkyl halides is 3. The van der Waals surface area contributed by atoms with Gasteiger partial charge in [0.05, 0.1) is 26.9 Å². The van der Waals surface area contributed by atoms with Crippen molar-refractivity contribution in [1.82, 2.24) is 20.6 Å². The number of ether oxygens (including phenoxy) is 3. The normalized spacial score (nSPS) is 17.9. The average Bonchev–Trinajstić information content (AvgIpc) is 3.16. The lowest BCUT2D eigenvalue weighted by molar-refractivity contribution is -0.346. The minimum atomic E-state index is -4.78. The highest BCUT2D eigenvalue weighted by Gasteiger charge is 2.53. The van der Waals surface area contributed by atoms with E-state index in [1.54, 1.807) is 45.4 Å². The summed E-state index contributed by atoms with van der Waals surface area (Å²) >= 11 is 0. The summed E-state index contributed by atoms with van der Waals surface area (Å²) < 4.78 is 75.9. The number of methoxy groups -OCH3 is 3. The zero-order chi connectivity index (χ0) is 36.9. The molecule has 268 valence electrons. The summed E-state index contributed by atoms with van der Waals surface area (Å²) in [7, 11) is 4.54. The van der Waals surface area contributed by atoms with Crippen molar-refractivity contribution in [1.29, 1.82) is 0 Å². The Balaban J connectivity index is 1.46. The minimum absolute atomic E-state index is 0.0637. The van der Waals surface area contributed by atoms with Gasteiger partial charge in [-0.2, -0.15) is 13.2 Å². The van der Waals surface area contributed by atoms with Gasteiger partial charge in [-0.3, -0.25) is 4.84 Å². The molecule has 1 saturated heterocycles. The fraction of sp³-hybridized carbons (Fsp3) is 0.250. The molecule has 0 aliphatic carbocycles. The lowest BCUT2D eigenvalue weighted by Gasteiger charge is -2.48. The van der Waals surface area contributed by atoms with Crippen molar-refractivity contribution in [3.63, 3.8) is 0 Å². The Kier molecular flexibility index (Phi) is 10.5. The van der Waals surface area contributed by atoms with Gasteiger partial charge < -0.3 is 14.2 Å². The molecule has 5 aromatic rings. The minimum Gasteiger partial charge on any atom is -0.497 e. The van der Waals surface area contributed by atoms with Crippen molar-refractivity contribution in [2.75, 3.05) is 27.9 Å². The monoisotopic (exact) mass is 712 g/mol. The first-order valence-electron chi connectivity index (χ1n) is 16.3. The first kappa shape index (κ1) is 36.3. The van der Waals surface area contributed by atoms with Gasteiger partial charge in [-0.25, -0.2) is 19.8 Å². The Morgan fingerprint density at radius 2 is 1.33 bits per heavy atom. The maximum atomic E-state index is 15.8. The molecule has 1 aliphatic heterocycles. The van der Waals surface area contributed by atoms with Gasteiger partial charge in [-0.1, -0.05) is 73.4 Å². The van der Waals surface area contributed by atoms with Crippen LogP contribution in [-0.4, -0.2) is 55.3 Å². The fourth-order valence-corrected chi connectivity index (χ4v) is 6.40. The molecule has 1 fully saturated rings. The Hall–Kier alpha value is -5.48. The van der Waals surface area contributed by atoms with Crippen LogP contribution in [0.25, 0.3) is 0 Å². The summed E-state index contributed by atoms with van der Waals surface area (Å²) in [5, 5.41) is 1.09. The fourth-order valence-electron chi connectivity index (χ4n) is 6.40.